The van der Waals surface area contributed by atoms with Crippen LogP contribution in [0.4, 0.5) is 0 Å². The van der Waals surface area contributed by atoms with E-state index in [2.05, 4.69) is 23.8 Å². The number of hydrogen-bond donors (Lipinski definition) is 2. The molecule has 0 aliphatic carbocycles. The summed E-state index contributed by atoms with van der Waals surface area (Å²) >= 11 is 0. The van der Waals surface area contributed by atoms with Gasteiger partial charge < -0.3 is 15.5 Å². The summed E-state index contributed by atoms with van der Waals surface area (Å²) < 4.78 is 5.12. The Balaban J connectivity index is 2.10. The van der Waals surface area contributed by atoms with Gasteiger partial charge in [-0.05, 0) is 17.7 Å². The fourth-order valence-corrected chi connectivity index (χ4v) is 1.79. The molecule has 1 heterocycles. The van der Waals surface area contributed by atoms with Crippen LogP contribution in [0.25, 0.3) is 11.0 Å². The van der Waals surface area contributed by atoms with Crippen molar-refractivity contribution in [1.82, 2.24) is 9.97 Å². The fourth-order valence-electron chi connectivity index (χ4n) is 1.79. The van der Waals surface area contributed by atoms with Crippen LogP contribution in [-0.4, -0.2) is 22.5 Å². The molecule has 0 spiro atoms. The highest BCUT2D eigenvalue weighted by Crippen LogP contribution is 2.18. The Bertz CT molecular complexity index is 575. The third-order valence-electron chi connectivity index (χ3n) is 2.86. The maximum atomic E-state index is 11.3. The molecule has 5 nitrogen and oxygen atoms in total. The number of nitrogens with two attached hydrogens (primary N) is 1. The van der Waals surface area contributed by atoms with Crippen molar-refractivity contribution in [2.45, 2.75) is 32.8 Å². The zero-order valence-corrected chi connectivity index (χ0v) is 11.3. The van der Waals surface area contributed by atoms with Gasteiger partial charge in [0, 0.05) is 12.5 Å². The molecule has 102 valence electrons. The Hall–Kier alpha value is -1.88. The monoisotopic (exact) mass is 261 g/mol. The summed E-state index contributed by atoms with van der Waals surface area (Å²) in [4.78, 5) is 19.0. The summed E-state index contributed by atoms with van der Waals surface area (Å²) in [5.74, 6) is 1.06. The van der Waals surface area contributed by atoms with Crippen LogP contribution in [0.3, 0.4) is 0 Å². The van der Waals surface area contributed by atoms with Crippen molar-refractivity contribution < 1.29 is 9.53 Å². The van der Waals surface area contributed by atoms with E-state index in [1.165, 1.54) is 0 Å². The highest BCUT2D eigenvalue weighted by atomic mass is 16.5. The van der Waals surface area contributed by atoms with Gasteiger partial charge in [-0.15, -0.1) is 0 Å². The van der Waals surface area contributed by atoms with Crippen molar-refractivity contribution in [3.63, 3.8) is 0 Å². The first kappa shape index (κ1) is 13.5. The maximum Gasteiger partial charge on any atom is 0.307 e. The van der Waals surface area contributed by atoms with E-state index in [-0.39, 0.29) is 19.0 Å². The second kappa shape index (κ2) is 5.84. The third kappa shape index (κ3) is 3.32. The summed E-state index contributed by atoms with van der Waals surface area (Å²) in [7, 11) is 0. The van der Waals surface area contributed by atoms with Crippen molar-refractivity contribution in [3.05, 3.63) is 29.6 Å². The van der Waals surface area contributed by atoms with Crippen LogP contribution in [0.1, 0.15) is 37.6 Å². The van der Waals surface area contributed by atoms with Crippen LogP contribution in [-0.2, 0) is 16.1 Å². The lowest BCUT2D eigenvalue weighted by molar-refractivity contribution is -0.144. The second-order valence-corrected chi connectivity index (χ2v) is 4.83. The average Bonchev–Trinajstić information content (AvgIpc) is 2.80. The maximum absolute atomic E-state index is 11.3. The van der Waals surface area contributed by atoms with Gasteiger partial charge in [0.15, 0.2) is 0 Å². The predicted molar refractivity (Wildman–Crippen MR) is 73.7 cm³/mol. The first-order valence-electron chi connectivity index (χ1n) is 6.44. The van der Waals surface area contributed by atoms with Gasteiger partial charge in [0.25, 0.3) is 0 Å². The molecule has 3 N–H and O–H groups in total. The van der Waals surface area contributed by atoms with Crippen LogP contribution >= 0.6 is 0 Å². The third-order valence-corrected chi connectivity index (χ3v) is 2.86. The normalized spacial score (nSPS) is 11.2. The summed E-state index contributed by atoms with van der Waals surface area (Å²) in [5, 5.41) is 0. The van der Waals surface area contributed by atoms with Gasteiger partial charge in [0.1, 0.15) is 12.4 Å². The largest absolute Gasteiger partial charge is 0.461 e. The number of imidazole rings is 1. The average molecular weight is 261 g/mol. The highest BCUT2D eigenvalue weighted by Gasteiger charge is 2.07. The molecule has 0 amide bonds. The SMILES string of the molecule is CC(C)c1nc2ccc(COC(=O)CCN)cc2[nH]1. The smallest absolute Gasteiger partial charge is 0.307 e. The van der Waals surface area contributed by atoms with Gasteiger partial charge in [-0.25, -0.2) is 4.98 Å². The molecule has 0 atom stereocenters. The van der Waals surface area contributed by atoms with Gasteiger partial charge in [-0.1, -0.05) is 19.9 Å². The molecule has 0 saturated carbocycles. The standard InChI is InChI=1S/C14H19N3O2/c1-9(2)14-16-11-4-3-10(7-12(11)17-14)8-19-13(18)5-6-15/h3-4,7,9H,5-6,8,15H2,1-2H3,(H,16,17). The van der Waals surface area contributed by atoms with Crippen LogP contribution in [0.5, 0.6) is 0 Å². The molecule has 0 saturated heterocycles. The van der Waals surface area contributed by atoms with E-state index in [1.807, 2.05) is 18.2 Å². The molecule has 0 unspecified atom stereocenters. The second-order valence-electron chi connectivity index (χ2n) is 4.83. The molecule has 0 radical (unpaired) electrons. The first-order valence-corrected chi connectivity index (χ1v) is 6.44. The minimum absolute atomic E-state index is 0.254. The summed E-state index contributed by atoms with van der Waals surface area (Å²) in [5.41, 5.74) is 8.13. The Labute approximate surface area is 112 Å². The van der Waals surface area contributed by atoms with Gasteiger partial charge in [-0.2, -0.15) is 0 Å². The van der Waals surface area contributed by atoms with Crippen molar-refractivity contribution in [2.75, 3.05) is 6.54 Å². The molecule has 1 aromatic carbocycles. The van der Waals surface area contributed by atoms with E-state index in [4.69, 9.17) is 10.5 Å². The Morgan fingerprint density at radius 3 is 2.95 bits per heavy atom. The summed E-state index contributed by atoms with van der Waals surface area (Å²) in [6.45, 7) is 4.77. The number of fused-ring (bicyclic) bond motifs is 1. The van der Waals surface area contributed by atoms with Crippen LogP contribution in [0.15, 0.2) is 18.2 Å². The number of nitrogens with zero attached hydrogens (tertiary/aromatic N) is 1. The van der Waals surface area contributed by atoms with Gasteiger partial charge in [0.2, 0.25) is 0 Å². The minimum Gasteiger partial charge on any atom is -0.461 e. The molecule has 0 fully saturated rings. The Morgan fingerprint density at radius 2 is 2.26 bits per heavy atom. The lowest BCUT2D eigenvalue weighted by Gasteiger charge is -2.03. The first-order chi connectivity index (χ1) is 9.10. The van der Waals surface area contributed by atoms with Gasteiger partial charge in [-0.3, -0.25) is 4.79 Å². The lowest BCUT2D eigenvalue weighted by Crippen LogP contribution is -2.10. The lowest BCUT2D eigenvalue weighted by atomic mass is 10.2. The number of benzene rings is 1. The number of esters is 1. The molecule has 1 aromatic heterocycles. The fraction of sp³-hybridized carbons (Fsp3) is 0.429. The predicted octanol–water partition coefficient (Wildman–Crippen LogP) is 2.08. The quantitative estimate of drug-likeness (QED) is 0.807. The van der Waals surface area contributed by atoms with E-state index in [0.717, 1.165) is 22.4 Å². The van der Waals surface area contributed by atoms with Crippen LogP contribution < -0.4 is 5.73 Å². The number of carbonyl (C=O) groups excluding carboxylic acids is 1. The highest BCUT2D eigenvalue weighted by molar-refractivity contribution is 5.76. The molecule has 2 rings (SSSR count). The summed E-state index contributed by atoms with van der Waals surface area (Å²) in [6.07, 6.45) is 0.254. The van der Waals surface area contributed by atoms with E-state index < -0.39 is 0 Å². The number of hydrogen-bond acceptors (Lipinski definition) is 4. The molecule has 19 heavy (non-hydrogen) atoms. The van der Waals surface area contributed by atoms with Crippen molar-refractivity contribution in [1.29, 1.82) is 0 Å². The number of H-pyrrole nitrogens is 1. The minimum atomic E-state index is -0.268. The number of aromatic amines is 1. The van der Waals surface area contributed by atoms with E-state index >= 15 is 0 Å². The van der Waals surface area contributed by atoms with E-state index in [1.54, 1.807) is 0 Å². The number of rotatable bonds is 5. The number of aromatic nitrogens is 2. The Morgan fingerprint density at radius 1 is 1.47 bits per heavy atom. The molecule has 0 aliphatic rings. The Kier molecular flexibility index (Phi) is 4.16. The van der Waals surface area contributed by atoms with E-state index in [0.29, 0.717) is 12.5 Å². The van der Waals surface area contributed by atoms with E-state index in [9.17, 15) is 4.79 Å². The molecule has 2 aromatic rings. The van der Waals surface area contributed by atoms with Crippen molar-refractivity contribution in [2.24, 2.45) is 5.73 Å². The molecular weight excluding hydrogens is 242 g/mol. The molecular formula is C14H19N3O2. The number of nitrogens with one attached hydrogen (secondary N) is 1. The van der Waals surface area contributed by atoms with Crippen molar-refractivity contribution in [3.8, 4) is 0 Å². The molecule has 0 bridgehead atoms. The van der Waals surface area contributed by atoms with Crippen LogP contribution in [0, 0.1) is 0 Å². The topological polar surface area (TPSA) is 81.0 Å². The van der Waals surface area contributed by atoms with Crippen molar-refractivity contribution >= 4 is 17.0 Å². The van der Waals surface area contributed by atoms with Gasteiger partial charge >= 0.3 is 5.97 Å². The number of carbonyl (C=O) groups is 1. The zero-order valence-electron chi connectivity index (χ0n) is 11.3. The van der Waals surface area contributed by atoms with Crippen LogP contribution in [0.2, 0.25) is 0 Å². The zero-order chi connectivity index (χ0) is 13.8. The molecule has 5 heteroatoms. The molecule has 0 aliphatic heterocycles. The number of ether oxygens (including phenoxy) is 1. The summed E-state index contributed by atoms with van der Waals surface area (Å²) in [6, 6.07) is 5.82. The van der Waals surface area contributed by atoms with Gasteiger partial charge in [0.05, 0.1) is 17.5 Å².